The van der Waals surface area contributed by atoms with Gasteiger partial charge in [-0.15, -0.1) is 0 Å². The second-order valence-electron chi connectivity index (χ2n) is 7.27. The molecule has 0 unspecified atom stereocenters. The van der Waals surface area contributed by atoms with Crippen molar-refractivity contribution in [2.75, 3.05) is 13.2 Å². The van der Waals surface area contributed by atoms with Gasteiger partial charge in [0.05, 0.1) is 11.6 Å². The van der Waals surface area contributed by atoms with Gasteiger partial charge in [0.25, 0.3) is 5.91 Å². The van der Waals surface area contributed by atoms with Gasteiger partial charge in [0.15, 0.2) is 11.5 Å². The van der Waals surface area contributed by atoms with E-state index in [1.807, 2.05) is 60.3 Å². The lowest BCUT2D eigenvalue weighted by Gasteiger charge is -2.25. The Bertz CT molecular complexity index is 990. The quantitative estimate of drug-likeness (QED) is 0.759. The molecular weight excluding hydrogens is 340 g/mol. The van der Waals surface area contributed by atoms with Crippen LogP contribution in [-0.2, 0) is 7.05 Å². The molecule has 0 spiro atoms. The maximum atomic E-state index is 13.1. The molecule has 1 N–H and O–H groups in total. The average molecular weight is 364 g/mol. The van der Waals surface area contributed by atoms with Gasteiger partial charge in [-0.05, 0) is 29.7 Å². The number of nitrogens with one attached hydrogen (secondary N) is 1. The van der Waals surface area contributed by atoms with Crippen molar-refractivity contribution < 1.29 is 14.3 Å². The molecule has 2 aromatic carbocycles. The summed E-state index contributed by atoms with van der Waals surface area (Å²) in [5.74, 6) is 1.66. The summed E-state index contributed by atoms with van der Waals surface area (Å²) in [7, 11) is 1.96. The zero-order valence-corrected chi connectivity index (χ0v) is 15.9. The number of nitrogens with zero attached hydrogens (tertiary/aromatic N) is 1. The molecule has 0 aliphatic carbocycles. The van der Waals surface area contributed by atoms with E-state index in [1.54, 1.807) is 0 Å². The lowest BCUT2D eigenvalue weighted by atomic mass is 9.95. The molecular formula is C22H24N2O3. The molecule has 1 aliphatic rings. The molecule has 5 heteroatoms. The Morgan fingerprint density at radius 1 is 1.07 bits per heavy atom. The first-order valence-corrected chi connectivity index (χ1v) is 9.29. The van der Waals surface area contributed by atoms with Gasteiger partial charge in [-0.2, -0.15) is 0 Å². The molecule has 140 valence electrons. The Balaban J connectivity index is 1.64. The van der Waals surface area contributed by atoms with Gasteiger partial charge in [-0.25, -0.2) is 0 Å². The topological polar surface area (TPSA) is 52.5 Å². The van der Waals surface area contributed by atoms with E-state index >= 15 is 0 Å². The van der Waals surface area contributed by atoms with E-state index < -0.39 is 0 Å². The number of ether oxygens (including phenoxy) is 2. The van der Waals surface area contributed by atoms with Gasteiger partial charge >= 0.3 is 0 Å². The Morgan fingerprint density at radius 3 is 2.59 bits per heavy atom. The molecule has 1 aliphatic heterocycles. The van der Waals surface area contributed by atoms with E-state index in [0.717, 1.165) is 28.0 Å². The summed E-state index contributed by atoms with van der Waals surface area (Å²) in [5, 5.41) is 4.17. The van der Waals surface area contributed by atoms with Crippen LogP contribution in [0.25, 0.3) is 10.9 Å². The largest absolute Gasteiger partial charge is 0.486 e. The lowest BCUT2D eigenvalue weighted by molar-refractivity contribution is 0.0927. The second kappa shape index (κ2) is 6.99. The third kappa shape index (κ3) is 3.25. The van der Waals surface area contributed by atoms with Crippen LogP contribution in [0.5, 0.6) is 11.5 Å². The number of benzene rings is 2. The zero-order valence-electron chi connectivity index (χ0n) is 15.9. The number of carbonyl (C=O) groups excluding carboxylic acids is 1. The molecule has 0 fully saturated rings. The van der Waals surface area contributed by atoms with E-state index in [2.05, 4.69) is 19.2 Å². The third-order valence-electron chi connectivity index (χ3n) is 5.02. The van der Waals surface area contributed by atoms with E-state index in [0.29, 0.717) is 18.8 Å². The predicted octanol–water partition coefficient (Wildman–Crippen LogP) is 4.08. The number of para-hydroxylation sites is 1. The Labute approximate surface area is 158 Å². The van der Waals surface area contributed by atoms with Gasteiger partial charge in [0.2, 0.25) is 0 Å². The minimum absolute atomic E-state index is 0.0691. The summed E-state index contributed by atoms with van der Waals surface area (Å²) in [6, 6.07) is 13.7. The highest BCUT2D eigenvalue weighted by Crippen LogP contribution is 2.34. The maximum Gasteiger partial charge on any atom is 0.253 e. The van der Waals surface area contributed by atoms with Crippen molar-refractivity contribution in [2.24, 2.45) is 13.0 Å². The fraction of sp³-hybridized carbons (Fsp3) is 0.318. The molecule has 2 heterocycles. The highest BCUT2D eigenvalue weighted by Gasteiger charge is 2.23. The number of rotatable bonds is 4. The van der Waals surface area contributed by atoms with Crippen LogP contribution in [0.4, 0.5) is 0 Å². The molecule has 5 nitrogen and oxygen atoms in total. The zero-order chi connectivity index (χ0) is 19.0. The minimum Gasteiger partial charge on any atom is -0.486 e. The number of hydrogen-bond donors (Lipinski definition) is 1. The smallest absolute Gasteiger partial charge is 0.253 e. The summed E-state index contributed by atoms with van der Waals surface area (Å²) >= 11 is 0. The Hall–Kier alpha value is -2.95. The molecule has 1 aromatic heterocycles. The summed E-state index contributed by atoms with van der Waals surface area (Å²) in [4.78, 5) is 13.1. The fourth-order valence-electron chi connectivity index (χ4n) is 3.63. The van der Waals surface area contributed by atoms with Crippen LogP contribution in [0.1, 0.15) is 35.8 Å². The van der Waals surface area contributed by atoms with Crippen molar-refractivity contribution in [1.29, 1.82) is 0 Å². The summed E-state index contributed by atoms with van der Waals surface area (Å²) in [5.41, 5.74) is 2.75. The SMILES string of the molecule is CC(C)[C@H](NC(=O)c1cn(C)c2ccccc12)c1ccc2c(c1)OCCO2. The van der Waals surface area contributed by atoms with Crippen molar-refractivity contribution in [3.05, 3.63) is 59.8 Å². The van der Waals surface area contributed by atoms with Crippen LogP contribution in [0.15, 0.2) is 48.7 Å². The van der Waals surface area contributed by atoms with Crippen LogP contribution < -0.4 is 14.8 Å². The summed E-state index contributed by atoms with van der Waals surface area (Å²) in [6.45, 7) is 5.32. The fourth-order valence-corrected chi connectivity index (χ4v) is 3.63. The van der Waals surface area contributed by atoms with Crippen molar-refractivity contribution >= 4 is 16.8 Å². The predicted molar refractivity (Wildman–Crippen MR) is 105 cm³/mol. The molecule has 0 radical (unpaired) electrons. The number of amides is 1. The van der Waals surface area contributed by atoms with Gasteiger partial charge in [-0.3, -0.25) is 4.79 Å². The van der Waals surface area contributed by atoms with E-state index in [4.69, 9.17) is 9.47 Å². The van der Waals surface area contributed by atoms with Crippen LogP contribution in [0.3, 0.4) is 0 Å². The third-order valence-corrected chi connectivity index (χ3v) is 5.02. The van der Waals surface area contributed by atoms with E-state index in [-0.39, 0.29) is 17.9 Å². The van der Waals surface area contributed by atoms with Crippen LogP contribution in [0.2, 0.25) is 0 Å². The van der Waals surface area contributed by atoms with Gasteiger partial charge in [-0.1, -0.05) is 38.1 Å². The van der Waals surface area contributed by atoms with Gasteiger partial charge < -0.3 is 19.4 Å². The van der Waals surface area contributed by atoms with Crippen molar-refractivity contribution in [1.82, 2.24) is 9.88 Å². The first-order chi connectivity index (χ1) is 13.0. The maximum absolute atomic E-state index is 13.1. The van der Waals surface area contributed by atoms with Crippen LogP contribution in [-0.4, -0.2) is 23.7 Å². The normalized spacial score (nSPS) is 14.4. The van der Waals surface area contributed by atoms with Crippen molar-refractivity contribution in [3.8, 4) is 11.5 Å². The standard InChI is InChI=1S/C22H24N2O3/c1-14(2)21(15-8-9-19-20(12-15)27-11-10-26-19)23-22(25)17-13-24(3)18-7-5-4-6-16(17)18/h4-9,12-14,21H,10-11H2,1-3H3,(H,23,25)/t21-/m0/s1. The average Bonchev–Trinajstić information content (AvgIpc) is 3.02. The van der Waals surface area contributed by atoms with E-state index in [9.17, 15) is 4.79 Å². The molecule has 0 saturated heterocycles. The minimum atomic E-state index is -0.118. The van der Waals surface area contributed by atoms with Crippen LogP contribution in [0, 0.1) is 5.92 Å². The monoisotopic (exact) mass is 364 g/mol. The first kappa shape index (κ1) is 17.5. The molecule has 1 amide bonds. The van der Waals surface area contributed by atoms with Crippen molar-refractivity contribution in [2.45, 2.75) is 19.9 Å². The summed E-state index contributed by atoms with van der Waals surface area (Å²) in [6.07, 6.45) is 1.89. The number of hydrogen-bond acceptors (Lipinski definition) is 3. The molecule has 27 heavy (non-hydrogen) atoms. The highest BCUT2D eigenvalue weighted by molar-refractivity contribution is 6.07. The Morgan fingerprint density at radius 2 is 1.81 bits per heavy atom. The van der Waals surface area contributed by atoms with Crippen LogP contribution >= 0.6 is 0 Å². The van der Waals surface area contributed by atoms with E-state index in [1.165, 1.54) is 0 Å². The highest BCUT2D eigenvalue weighted by atomic mass is 16.6. The lowest BCUT2D eigenvalue weighted by Crippen LogP contribution is -2.31. The summed E-state index contributed by atoms with van der Waals surface area (Å²) < 4.78 is 13.3. The number of aryl methyl sites for hydroxylation is 1. The molecule has 0 bridgehead atoms. The van der Waals surface area contributed by atoms with Gasteiger partial charge in [0, 0.05) is 24.1 Å². The molecule has 0 saturated carbocycles. The second-order valence-corrected chi connectivity index (χ2v) is 7.27. The van der Waals surface area contributed by atoms with Gasteiger partial charge in [0.1, 0.15) is 13.2 Å². The molecule has 4 rings (SSSR count). The van der Waals surface area contributed by atoms with Crippen molar-refractivity contribution in [3.63, 3.8) is 0 Å². The molecule has 1 atom stereocenters. The Kier molecular flexibility index (Phi) is 4.52. The number of carbonyl (C=O) groups is 1. The number of aromatic nitrogens is 1. The first-order valence-electron chi connectivity index (χ1n) is 9.29. The molecule has 3 aromatic rings. The number of fused-ring (bicyclic) bond motifs is 2.